The van der Waals surface area contributed by atoms with Gasteiger partial charge < -0.3 is 20.5 Å². The quantitative estimate of drug-likeness (QED) is 0.823. The highest BCUT2D eigenvalue weighted by atomic mass is 79.9. The minimum absolute atomic E-state index is 0.257. The van der Waals surface area contributed by atoms with Crippen molar-refractivity contribution in [3.05, 3.63) is 40.5 Å². The summed E-state index contributed by atoms with van der Waals surface area (Å²) in [6.45, 7) is 0. The van der Waals surface area contributed by atoms with Gasteiger partial charge in [0, 0.05) is 10.5 Å². The Kier molecular flexibility index (Phi) is 4.64. The average Bonchev–Trinajstić information content (AvgIpc) is 2.50. The van der Waals surface area contributed by atoms with Crippen LogP contribution in [-0.2, 0) is 4.74 Å². The summed E-state index contributed by atoms with van der Waals surface area (Å²) in [6, 6.07) is 6.93. The van der Waals surface area contributed by atoms with Gasteiger partial charge >= 0.3 is 5.97 Å². The van der Waals surface area contributed by atoms with E-state index in [0.29, 0.717) is 22.9 Å². The van der Waals surface area contributed by atoms with Gasteiger partial charge in [-0.1, -0.05) is 0 Å². The predicted molar refractivity (Wildman–Crippen MR) is 84.0 cm³/mol. The molecule has 0 saturated heterocycles. The number of nitrogens with one attached hydrogen (secondary N) is 1. The molecule has 1 heterocycles. The van der Waals surface area contributed by atoms with Crippen molar-refractivity contribution in [3.8, 4) is 5.75 Å². The van der Waals surface area contributed by atoms with Crippen molar-refractivity contribution in [3.63, 3.8) is 0 Å². The van der Waals surface area contributed by atoms with Gasteiger partial charge in [-0.25, -0.2) is 9.78 Å². The van der Waals surface area contributed by atoms with E-state index in [1.165, 1.54) is 19.4 Å². The van der Waals surface area contributed by atoms with E-state index in [-0.39, 0.29) is 5.56 Å². The number of carbonyl (C=O) groups is 1. The number of halogens is 1. The van der Waals surface area contributed by atoms with Crippen molar-refractivity contribution in [1.29, 1.82) is 0 Å². The fraction of sp³-hybridized carbons (Fsp3) is 0.143. The van der Waals surface area contributed by atoms with Gasteiger partial charge in [0.2, 0.25) is 0 Å². The number of pyridine rings is 1. The van der Waals surface area contributed by atoms with Gasteiger partial charge in [-0.3, -0.25) is 0 Å². The van der Waals surface area contributed by atoms with Gasteiger partial charge in [-0.2, -0.15) is 0 Å². The summed E-state index contributed by atoms with van der Waals surface area (Å²) in [5.41, 5.74) is 7.00. The van der Waals surface area contributed by atoms with Gasteiger partial charge in [0.15, 0.2) is 0 Å². The molecule has 21 heavy (non-hydrogen) atoms. The Morgan fingerprint density at radius 2 is 2.10 bits per heavy atom. The van der Waals surface area contributed by atoms with Gasteiger partial charge in [0.25, 0.3) is 0 Å². The molecule has 2 rings (SSSR count). The first-order chi connectivity index (χ1) is 10.0. The molecule has 2 aromatic rings. The molecule has 0 saturated carbocycles. The molecule has 1 aromatic carbocycles. The van der Waals surface area contributed by atoms with Crippen LogP contribution in [0.15, 0.2) is 34.9 Å². The van der Waals surface area contributed by atoms with Crippen LogP contribution in [-0.4, -0.2) is 25.2 Å². The van der Waals surface area contributed by atoms with E-state index < -0.39 is 5.97 Å². The SMILES string of the molecule is COC(=O)c1cc(N)cnc1Nc1cc(OC)ccc1Br. The summed E-state index contributed by atoms with van der Waals surface area (Å²) < 4.78 is 10.7. The van der Waals surface area contributed by atoms with Crippen molar-refractivity contribution in [2.45, 2.75) is 0 Å². The lowest BCUT2D eigenvalue weighted by Crippen LogP contribution is -2.08. The van der Waals surface area contributed by atoms with Crippen LogP contribution in [0.2, 0.25) is 0 Å². The smallest absolute Gasteiger partial charge is 0.341 e. The van der Waals surface area contributed by atoms with Gasteiger partial charge in [0.05, 0.1) is 31.8 Å². The molecular formula is C14H14BrN3O3. The Hall–Kier alpha value is -2.28. The number of hydrogen-bond donors (Lipinski definition) is 2. The Bertz CT molecular complexity index is 677. The van der Waals surface area contributed by atoms with Crippen LogP contribution in [0, 0.1) is 0 Å². The van der Waals surface area contributed by atoms with E-state index in [0.717, 1.165) is 4.47 Å². The second kappa shape index (κ2) is 6.45. The lowest BCUT2D eigenvalue weighted by molar-refractivity contribution is 0.0601. The Balaban J connectivity index is 2.42. The van der Waals surface area contributed by atoms with E-state index >= 15 is 0 Å². The number of nitrogens with two attached hydrogens (primary N) is 1. The zero-order valence-corrected chi connectivity index (χ0v) is 13.1. The summed E-state index contributed by atoms with van der Waals surface area (Å²) in [6.07, 6.45) is 1.46. The molecule has 110 valence electrons. The highest BCUT2D eigenvalue weighted by Crippen LogP contribution is 2.30. The number of benzene rings is 1. The summed E-state index contributed by atoms with van der Waals surface area (Å²) >= 11 is 3.42. The normalized spacial score (nSPS) is 10.0. The zero-order chi connectivity index (χ0) is 15.4. The topological polar surface area (TPSA) is 86.5 Å². The first-order valence-electron chi connectivity index (χ1n) is 5.99. The molecule has 0 aliphatic heterocycles. The minimum Gasteiger partial charge on any atom is -0.497 e. The number of aromatic nitrogens is 1. The molecule has 0 radical (unpaired) electrons. The molecule has 0 spiro atoms. The van der Waals surface area contributed by atoms with Crippen LogP contribution in [0.4, 0.5) is 17.2 Å². The summed E-state index contributed by atoms with van der Waals surface area (Å²) in [5, 5.41) is 3.06. The molecule has 3 N–H and O–H groups in total. The van der Waals surface area contributed by atoms with E-state index in [4.69, 9.17) is 15.2 Å². The number of anilines is 3. The molecule has 0 aliphatic rings. The van der Waals surface area contributed by atoms with Crippen molar-refractivity contribution in [2.75, 3.05) is 25.3 Å². The van der Waals surface area contributed by atoms with Gasteiger partial charge in [0.1, 0.15) is 17.1 Å². The largest absolute Gasteiger partial charge is 0.497 e. The standard InChI is InChI=1S/C14H14BrN3O3/c1-20-9-3-4-11(15)12(6-9)18-13-10(14(19)21-2)5-8(16)7-17-13/h3-7H,16H2,1-2H3,(H,17,18). The predicted octanol–water partition coefficient (Wildman–Crippen LogP) is 2.97. The number of methoxy groups -OCH3 is 2. The number of esters is 1. The van der Waals surface area contributed by atoms with Gasteiger partial charge in [-0.05, 0) is 34.1 Å². The summed E-state index contributed by atoms with van der Waals surface area (Å²) in [4.78, 5) is 15.9. The maximum atomic E-state index is 11.8. The molecular weight excluding hydrogens is 338 g/mol. The number of carbonyl (C=O) groups excluding carboxylic acids is 1. The lowest BCUT2D eigenvalue weighted by Gasteiger charge is -2.12. The molecule has 0 unspecified atom stereocenters. The average molecular weight is 352 g/mol. The highest BCUT2D eigenvalue weighted by Gasteiger charge is 2.15. The summed E-state index contributed by atoms with van der Waals surface area (Å²) in [5.74, 6) is 0.511. The van der Waals surface area contributed by atoms with Crippen LogP contribution < -0.4 is 15.8 Å². The first kappa shape index (κ1) is 15.1. The molecule has 0 bridgehead atoms. The number of ether oxygens (including phenoxy) is 2. The molecule has 1 aromatic heterocycles. The van der Waals surface area contributed by atoms with Crippen LogP contribution in [0.25, 0.3) is 0 Å². The lowest BCUT2D eigenvalue weighted by atomic mass is 10.2. The number of hydrogen-bond acceptors (Lipinski definition) is 6. The Morgan fingerprint density at radius 3 is 2.76 bits per heavy atom. The molecule has 0 aliphatic carbocycles. The van der Waals surface area contributed by atoms with Crippen LogP contribution in [0.3, 0.4) is 0 Å². The fourth-order valence-corrected chi connectivity index (χ4v) is 2.05. The fourth-order valence-electron chi connectivity index (χ4n) is 1.70. The van der Waals surface area contributed by atoms with Crippen molar-refractivity contribution >= 4 is 39.1 Å². The first-order valence-corrected chi connectivity index (χ1v) is 6.79. The van der Waals surface area contributed by atoms with E-state index in [9.17, 15) is 4.79 Å². The maximum Gasteiger partial charge on any atom is 0.341 e. The number of nitrogens with zero attached hydrogens (tertiary/aromatic N) is 1. The van der Waals surface area contributed by atoms with E-state index in [1.807, 2.05) is 12.1 Å². The molecule has 0 atom stereocenters. The minimum atomic E-state index is -0.517. The van der Waals surface area contributed by atoms with Crippen LogP contribution in [0.1, 0.15) is 10.4 Å². The number of rotatable bonds is 4. The third-order valence-corrected chi connectivity index (χ3v) is 3.43. The third-order valence-electron chi connectivity index (χ3n) is 2.74. The number of nitrogen functional groups attached to an aromatic ring is 1. The van der Waals surface area contributed by atoms with Crippen molar-refractivity contribution in [2.24, 2.45) is 0 Å². The van der Waals surface area contributed by atoms with Crippen molar-refractivity contribution in [1.82, 2.24) is 4.98 Å². The molecule has 6 nitrogen and oxygen atoms in total. The Morgan fingerprint density at radius 1 is 1.33 bits per heavy atom. The van der Waals surface area contributed by atoms with Crippen LogP contribution in [0.5, 0.6) is 5.75 Å². The maximum absolute atomic E-state index is 11.8. The zero-order valence-electron chi connectivity index (χ0n) is 11.5. The van der Waals surface area contributed by atoms with E-state index in [2.05, 4.69) is 26.2 Å². The van der Waals surface area contributed by atoms with E-state index in [1.54, 1.807) is 13.2 Å². The van der Waals surface area contributed by atoms with Crippen LogP contribution >= 0.6 is 15.9 Å². The monoisotopic (exact) mass is 351 g/mol. The third kappa shape index (κ3) is 3.43. The van der Waals surface area contributed by atoms with Crippen molar-refractivity contribution < 1.29 is 14.3 Å². The molecule has 0 amide bonds. The highest BCUT2D eigenvalue weighted by molar-refractivity contribution is 9.10. The van der Waals surface area contributed by atoms with Gasteiger partial charge in [-0.15, -0.1) is 0 Å². The summed E-state index contributed by atoms with van der Waals surface area (Å²) in [7, 11) is 2.88. The molecule has 7 heteroatoms. The second-order valence-electron chi connectivity index (χ2n) is 4.13. The second-order valence-corrected chi connectivity index (χ2v) is 4.98. The molecule has 0 fully saturated rings. The Labute approximate surface area is 130 Å².